The first-order chi connectivity index (χ1) is 6.72. The highest BCUT2D eigenvalue weighted by atomic mass is 79.9. The van der Waals surface area contributed by atoms with Gasteiger partial charge >= 0.3 is 5.97 Å². The predicted octanol–water partition coefficient (Wildman–Crippen LogP) is 2.38. The fraction of sp³-hybridized carbons (Fsp3) is 0.111. The van der Waals surface area contributed by atoms with Crippen LogP contribution < -0.4 is 0 Å². The van der Waals surface area contributed by atoms with E-state index >= 15 is 0 Å². The summed E-state index contributed by atoms with van der Waals surface area (Å²) < 4.78 is 10.4. The van der Waals surface area contributed by atoms with E-state index in [4.69, 9.17) is 4.42 Å². The highest BCUT2D eigenvalue weighted by Crippen LogP contribution is 2.24. The van der Waals surface area contributed by atoms with Crippen molar-refractivity contribution in [2.24, 2.45) is 0 Å². The Morgan fingerprint density at radius 3 is 3.07 bits per heavy atom. The van der Waals surface area contributed by atoms with Gasteiger partial charge in [-0.05, 0) is 28.1 Å². The molecule has 2 aromatic rings. The summed E-state index contributed by atoms with van der Waals surface area (Å²) in [6, 6.07) is 3.24. The summed E-state index contributed by atoms with van der Waals surface area (Å²) in [5, 5.41) is 0. The van der Waals surface area contributed by atoms with E-state index in [-0.39, 0.29) is 5.69 Å². The fourth-order valence-electron chi connectivity index (χ4n) is 1.10. The minimum absolute atomic E-state index is 0.266. The first-order valence-corrected chi connectivity index (χ1v) is 4.63. The fourth-order valence-corrected chi connectivity index (χ4v) is 1.48. The molecule has 0 unspecified atom stereocenters. The van der Waals surface area contributed by atoms with Crippen LogP contribution in [0, 0.1) is 0 Å². The number of hydrogen-bond donors (Lipinski definition) is 0. The van der Waals surface area contributed by atoms with Crippen LogP contribution in [0.15, 0.2) is 27.3 Å². The van der Waals surface area contributed by atoms with Crippen LogP contribution in [0.3, 0.4) is 0 Å². The Morgan fingerprint density at radius 2 is 2.36 bits per heavy atom. The quantitative estimate of drug-likeness (QED) is 0.735. The van der Waals surface area contributed by atoms with Gasteiger partial charge in [0.15, 0.2) is 5.58 Å². The number of carbonyl (C=O) groups excluding carboxylic acids is 1. The Labute approximate surface area is 88.0 Å². The van der Waals surface area contributed by atoms with Gasteiger partial charge in [0.2, 0.25) is 0 Å². The number of hydrogen-bond acceptors (Lipinski definition) is 4. The van der Waals surface area contributed by atoms with Gasteiger partial charge in [0.05, 0.1) is 11.6 Å². The lowest BCUT2D eigenvalue weighted by Gasteiger charge is -1.97. The number of aromatic nitrogens is 1. The maximum absolute atomic E-state index is 11.2. The number of fused-ring (bicyclic) bond motifs is 1. The molecule has 0 saturated carbocycles. The number of carbonyl (C=O) groups is 1. The van der Waals surface area contributed by atoms with Crippen LogP contribution in [-0.4, -0.2) is 18.1 Å². The van der Waals surface area contributed by atoms with Crippen LogP contribution in [0.4, 0.5) is 0 Å². The molecule has 0 atom stereocenters. The van der Waals surface area contributed by atoms with Crippen molar-refractivity contribution >= 4 is 33.0 Å². The zero-order valence-electron chi connectivity index (χ0n) is 7.28. The maximum atomic E-state index is 11.2. The molecule has 2 heterocycles. The number of pyridine rings is 1. The molecule has 0 aliphatic heterocycles. The highest BCUT2D eigenvalue weighted by Gasteiger charge is 2.11. The summed E-state index contributed by atoms with van der Waals surface area (Å²) in [5.74, 6) is -0.458. The van der Waals surface area contributed by atoms with E-state index in [0.717, 1.165) is 4.47 Å². The Morgan fingerprint density at radius 1 is 1.57 bits per heavy atom. The molecule has 0 radical (unpaired) electrons. The average Bonchev–Trinajstić information content (AvgIpc) is 2.59. The van der Waals surface area contributed by atoms with Crippen molar-refractivity contribution in [3.05, 3.63) is 28.6 Å². The summed E-state index contributed by atoms with van der Waals surface area (Å²) in [5.41, 5.74) is 1.51. The predicted molar refractivity (Wildman–Crippen MR) is 53.0 cm³/mol. The minimum atomic E-state index is -0.458. The molecule has 2 rings (SSSR count). The molecular formula is C9H6BrNO3. The third kappa shape index (κ3) is 1.39. The van der Waals surface area contributed by atoms with Crippen LogP contribution in [0.2, 0.25) is 0 Å². The molecule has 2 aromatic heterocycles. The maximum Gasteiger partial charge on any atom is 0.356 e. The second kappa shape index (κ2) is 3.42. The molecule has 72 valence electrons. The molecule has 0 aliphatic carbocycles. The number of nitrogens with zero attached hydrogens (tertiary/aromatic N) is 1. The smallest absolute Gasteiger partial charge is 0.356 e. The van der Waals surface area contributed by atoms with E-state index in [9.17, 15) is 4.79 Å². The van der Waals surface area contributed by atoms with Crippen molar-refractivity contribution in [1.82, 2.24) is 4.98 Å². The Kier molecular flexibility index (Phi) is 2.25. The molecule has 0 saturated heterocycles. The SMILES string of the molecule is COC(=O)c1ccc2occ(Br)c2n1. The number of methoxy groups -OCH3 is 1. The second-order valence-corrected chi connectivity index (χ2v) is 3.47. The van der Waals surface area contributed by atoms with E-state index < -0.39 is 5.97 Å². The molecular weight excluding hydrogens is 250 g/mol. The number of rotatable bonds is 1. The van der Waals surface area contributed by atoms with Crippen molar-refractivity contribution in [3.63, 3.8) is 0 Å². The van der Waals surface area contributed by atoms with Gasteiger partial charge in [-0.15, -0.1) is 0 Å². The molecule has 0 N–H and O–H groups in total. The molecule has 0 bridgehead atoms. The number of halogens is 1. The van der Waals surface area contributed by atoms with Crippen molar-refractivity contribution in [2.45, 2.75) is 0 Å². The van der Waals surface area contributed by atoms with E-state index in [2.05, 4.69) is 25.7 Å². The zero-order chi connectivity index (χ0) is 10.1. The van der Waals surface area contributed by atoms with Gasteiger partial charge in [0.1, 0.15) is 17.5 Å². The van der Waals surface area contributed by atoms with E-state index in [1.807, 2.05) is 0 Å². The van der Waals surface area contributed by atoms with Crippen molar-refractivity contribution < 1.29 is 13.9 Å². The average molecular weight is 256 g/mol. The summed E-state index contributed by atoms with van der Waals surface area (Å²) in [6.07, 6.45) is 1.53. The molecule has 0 aliphatic rings. The van der Waals surface area contributed by atoms with E-state index in [0.29, 0.717) is 11.1 Å². The third-order valence-corrected chi connectivity index (χ3v) is 2.33. The van der Waals surface area contributed by atoms with Gasteiger partial charge in [-0.3, -0.25) is 0 Å². The first kappa shape index (κ1) is 9.21. The first-order valence-electron chi connectivity index (χ1n) is 3.84. The molecule has 0 amide bonds. The van der Waals surface area contributed by atoms with Crippen molar-refractivity contribution in [2.75, 3.05) is 7.11 Å². The molecule has 5 heteroatoms. The largest absolute Gasteiger partial charge is 0.464 e. The Hall–Kier alpha value is -1.36. The third-order valence-electron chi connectivity index (χ3n) is 1.77. The molecule has 0 fully saturated rings. The Bertz CT molecular complexity index is 492. The lowest BCUT2D eigenvalue weighted by Crippen LogP contribution is -2.03. The van der Waals surface area contributed by atoms with Crippen molar-refractivity contribution in [1.29, 1.82) is 0 Å². The van der Waals surface area contributed by atoms with Crippen LogP contribution in [-0.2, 0) is 4.74 Å². The van der Waals surface area contributed by atoms with Gasteiger partial charge in [-0.1, -0.05) is 0 Å². The highest BCUT2D eigenvalue weighted by molar-refractivity contribution is 9.10. The number of esters is 1. The standard InChI is InChI=1S/C9H6BrNO3/c1-13-9(12)6-2-3-7-8(11-6)5(10)4-14-7/h2-4H,1H3. The second-order valence-electron chi connectivity index (χ2n) is 2.62. The lowest BCUT2D eigenvalue weighted by molar-refractivity contribution is 0.0594. The van der Waals surface area contributed by atoms with Gasteiger partial charge in [-0.2, -0.15) is 0 Å². The molecule has 4 nitrogen and oxygen atoms in total. The summed E-state index contributed by atoms with van der Waals surface area (Å²) in [6.45, 7) is 0. The van der Waals surface area contributed by atoms with E-state index in [1.54, 1.807) is 12.1 Å². The van der Waals surface area contributed by atoms with E-state index in [1.165, 1.54) is 13.4 Å². The monoisotopic (exact) mass is 255 g/mol. The van der Waals surface area contributed by atoms with Gasteiger partial charge in [-0.25, -0.2) is 9.78 Å². The van der Waals surface area contributed by atoms with Crippen LogP contribution >= 0.6 is 15.9 Å². The zero-order valence-corrected chi connectivity index (χ0v) is 8.87. The summed E-state index contributed by atoms with van der Waals surface area (Å²) in [4.78, 5) is 15.2. The lowest BCUT2D eigenvalue weighted by atomic mass is 10.3. The minimum Gasteiger partial charge on any atom is -0.464 e. The summed E-state index contributed by atoms with van der Waals surface area (Å²) in [7, 11) is 1.32. The van der Waals surface area contributed by atoms with Gasteiger partial charge in [0.25, 0.3) is 0 Å². The van der Waals surface area contributed by atoms with Crippen LogP contribution in [0.25, 0.3) is 11.1 Å². The number of ether oxygens (including phenoxy) is 1. The summed E-state index contributed by atoms with van der Waals surface area (Å²) >= 11 is 3.26. The normalized spacial score (nSPS) is 10.4. The molecule has 0 aromatic carbocycles. The van der Waals surface area contributed by atoms with Gasteiger partial charge in [0, 0.05) is 0 Å². The van der Waals surface area contributed by atoms with Crippen LogP contribution in [0.5, 0.6) is 0 Å². The van der Waals surface area contributed by atoms with Crippen LogP contribution in [0.1, 0.15) is 10.5 Å². The topological polar surface area (TPSA) is 52.3 Å². The Balaban J connectivity index is 2.60. The van der Waals surface area contributed by atoms with Crippen molar-refractivity contribution in [3.8, 4) is 0 Å². The van der Waals surface area contributed by atoms with Gasteiger partial charge < -0.3 is 9.15 Å². The molecule has 0 spiro atoms. The number of furan rings is 1. The molecule has 14 heavy (non-hydrogen) atoms.